The van der Waals surface area contributed by atoms with E-state index in [1.807, 2.05) is 21.1 Å². The summed E-state index contributed by atoms with van der Waals surface area (Å²) < 4.78 is 23.1. The lowest BCUT2D eigenvalue weighted by Crippen LogP contribution is -2.46. The van der Waals surface area contributed by atoms with E-state index in [9.17, 15) is 19.4 Å². The molecule has 0 saturated heterocycles. The Labute approximate surface area is 328 Å². The molecule has 0 fully saturated rings. The molecule has 0 bridgehead atoms. The Bertz CT molecular complexity index is 922. The van der Waals surface area contributed by atoms with Crippen molar-refractivity contribution in [1.29, 1.82) is 0 Å². The number of likely N-dealkylation sites (N-methyl/N-ethyl adjacent to an activating group) is 1. The van der Waals surface area contributed by atoms with Crippen LogP contribution >= 0.6 is 7.82 Å². The van der Waals surface area contributed by atoms with Crippen molar-refractivity contribution in [2.45, 2.75) is 212 Å². The molecule has 0 heterocycles. The van der Waals surface area contributed by atoms with E-state index >= 15 is 0 Å². The summed E-state index contributed by atoms with van der Waals surface area (Å²) in [5, 5.41) is 13.7. The Kier molecular flexibility index (Phi) is 35.9. The standard InChI is InChI=1S/C44H87N2O6P/c1-6-8-10-12-14-15-16-17-18-19-20-21-22-23-24-25-26-27-28-29-30-31-32-34-36-38-44(48)45-42(43(47)37-35-33-13-11-9-7-2)41-52-53(49,50)51-40-39-46(3,4)5/h16-17,19-20,42-43,47H,6-15,18,21-41H2,1-5H3,(H-,45,48,49,50)/b17-16-,20-19-. The monoisotopic (exact) mass is 771 g/mol. The minimum atomic E-state index is -4.55. The van der Waals surface area contributed by atoms with E-state index in [0.29, 0.717) is 23.9 Å². The summed E-state index contributed by atoms with van der Waals surface area (Å²) in [6.45, 7) is 4.64. The lowest BCUT2D eigenvalue weighted by molar-refractivity contribution is -0.870. The Balaban J connectivity index is 4.02. The van der Waals surface area contributed by atoms with Crippen LogP contribution in [0.4, 0.5) is 0 Å². The number of amides is 1. The summed E-state index contributed by atoms with van der Waals surface area (Å²) in [7, 11) is 1.30. The molecule has 8 nitrogen and oxygen atoms in total. The van der Waals surface area contributed by atoms with Crippen molar-refractivity contribution in [3.05, 3.63) is 24.3 Å². The van der Waals surface area contributed by atoms with E-state index in [-0.39, 0.29) is 19.1 Å². The molecule has 3 unspecified atom stereocenters. The summed E-state index contributed by atoms with van der Waals surface area (Å²) in [5.41, 5.74) is 0. The van der Waals surface area contributed by atoms with Gasteiger partial charge in [-0.3, -0.25) is 9.36 Å². The van der Waals surface area contributed by atoms with Crippen LogP contribution in [0.1, 0.15) is 200 Å². The number of rotatable bonds is 40. The molecule has 0 rings (SSSR count). The highest BCUT2D eigenvalue weighted by Crippen LogP contribution is 2.38. The minimum absolute atomic E-state index is 0.0121. The summed E-state index contributed by atoms with van der Waals surface area (Å²) >= 11 is 0. The highest BCUT2D eigenvalue weighted by atomic mass is 31.2. The van der Waals surface area contributed by atoms with Gasteiger partial charge < -0.3 is 28.8 Å². The number of nitrogens with zero attached hydrogens (tertiary/aromatic N) is 1. The lowest BCUT2D eigenvalue weighted by atomic mass is 10.0. The molecule has 0 radical (unpaired) electrons. The summed E-state index contributed by atoms with van der Waals surface area (Å²) in [4.78, 5) is 25.1. The minimum Gasteiger partial charge on any atom is -0.756 e. The summed E-state index contributed by atoms with van der Waals surface area (Å²) in [6.07, 6.45) is 42.2. The first-order valence-electron chi connectivity index (χ1n) is 22.2. The Hall–Kier alpha value is -1.02. The quantitative estimate of drug-likeness (QED) is 0.0278. The highest BCUT2D eigenvalue weighted by molar-refractivity contribution is 7.45. The number of hydrogen-bond acceptors (Lipinski definition) is 6. The molecule has 53 heavy (non-hydrogen) atoms. The van der Waals surface area contributed by atoms with Gasteiger partial charge in [0.25, 0.3) is 7.82 Å². The zero-order valence-electron chi connectivity index (χ0n) is 35.5. The van der Waals surface area contributed by atoms with Gasteiger partial charge in [-0.15, -0.1) is 0 Å². The number of aliphatic hydroxyl groups excluding tert-OH is 1. The van der Waals surface area contributed by atoms with E-state index in [1.54, 1.807) is 0 Å². The summed E-state index contributed by atoms with van der Waals surface area (Å²) in [6, 6.07) is -0.795. The molecule has 0 aromatic rings. The van der Waals surface area contributed by atoms with Crippen LogP contribution in [0, 0.1) is 0 Å². The number of unbranched alkanes of at least 4 members (excludes halogenated alkanes) is 23. The van der Waals surface area contributed by atoms with Crippen molar-refractivity contribution >= 4 is 13.7 Å². The predicted molar refractivity (Wildman–Crippen MR) is 224 cm³/mol. The normalized spacial score (nSPS) is 14.6. The van der Waals surface area contributed by atoms with Crippen molar-refractivity contribution in [3.63, 3.8) is 0 Å². The van der Waals surface area contributed by atoms with E-state index in [2.05, 4.69) is 43.5 Å². The first kappa shape index (κ1) is 52.0. The number of aliphatic hydroxyl groups is 1. The number of carbonyl (C=O) groups is 1. The highest BCUT2D eigenvalue weighted by Gasteiger charge is 2.24. The molecule has 0 aromatic carbocycles. The predicted octanol–water partition coefficient (Wildman–Crippen LogP) is 11.5. The summed E-state index contributed by atoms with van der Waals surface area (Å²) in [5.74, 6) is -0.171. The zero-order valence-corrected chi connectivity index (χ0v) is 36.4. The molecule has 1 amide bonds. The van der Waals surface area contributed by atoms with Gasteiger partial charge in [0, 0.05) is 6.42 Å². The molecule has 0 aromatic heterocycles. The fourth-order valence-electron chi connectivity index (χ4n) is 6.36. The number of carbonyl (C=O) groups excluding carboxylic acids is 1. The molecule has 3 atom stereocenters. The van der Waals surface area contributed by atoms with Gasteiger partial charge in [-0.1, -0.05) is 173 Å². The number of quaternary nitrogens is 1. The SMILES string of the molecule is CCCCCCC/C=C\C/C=C\CCCCCCCCCCCCCCCC(=O)NC(COP(=O)([O-])OCC[N+](C)(C)C)C(O)CCCCCCCC. The van der Waals surface area contributed by atoms with E-state index in [4.69, 9.17) is 9.05 Å². The maximum Gasteiger partial charge on any atom is 0.268 e. The molecule has 2 N–H and O–H groups in total. The van der Waals surface area contributed by atoms with Gasteiger partial charge >= 0.3 is 0 Å². The van der Waals surface area contributed by atoms with Gasteiger partial charge in [-0.25, -0.2) is 0 Å². The van der Waals surface area contributed by atoms with Crippen molar-refractivity contribution in [2.24, 2.45) is 0 Å². The van der Waals surface area contributed by atoms with E-state index < -0.39 is 20.0 Å². The topological polar surface area (TPSA) is 108 Å². The number of allylic oxidation sites excluding steroid dienone is 4. The maximum atomic E-state index is 12.8. The fraction of sp³-hybridized carbons (Fsp3) is 0.886. The largest absolute Gasteiger partial charge is 0.756 e. The second kappa shape index (κ2) is 36.6. The van der Waals surface area contributed by atoms with E-state index in [1.165, 1.54) is 128 Å². The molecule has 0 aliphatic carbocycles. The number of phosphoric acid groups is 1. The van der Waals surface area contributed by atoms with Crippen molar-refractivity contribution in [1.82, 2.24) is 5.32 Å². The van der Waals surface area contributed by atoms with Gasteiger partial charge in [0.15, 0.2) is 0 Å². The van der Waals surface area contributed by atoms with Gasteiger partial charge in [0.1, 0.15) is 13.2 Å². The van der Waals surface area contributed by atoms with E-state index in [0.717, 1.165) is 44.9 Å². The van der Waals surface area contributed by atoms with Crippen LogP contribution < -0.4 is 10.2 Å². The van der Waals surface area contributed by atoms with Crippen LogP contribution in [0.3, 0.4) is 0 Å². The fourth-order valence-corrected chi connectivity index (χ4v) is 7.09. The first-order valence-corrected chi connectivity index (χ1v) is 23.6. The molecule has 0 spiro atoms. The first-order chi connectivity index (χ1) is 25.5. The molecular formula is C44H87N2O6P. The van der Waals surface area contributed by atoms with Crippen LogP contribution in [-0.2, 0) is 18.4 Å². The van der Waals surface area contributed by atoms with Gasteiger partial charge in [-0.2, -0.15) is 0 Å². The molecule has 314 valence electrons. The zero-order chi connectivity index (χ0) is 39.3. The number of phosphoric ester groups is 1. The van der Waals surface area contributed by atoms with Crippen LogP contribution in [0.25, 0.3) is 0 Å². The van der Waals surface area contributed by atoms with Crippen molar-refractivity contribution in [3.8, 4) is 0 Å². The lowest BCUT2D eigenvalue weighted by Gasteiger charge is -2.30. The number of hydrogen-bond donors (Lipinski definition) is 2. The van der Waals surface area contributed by atoms with Crippen LogP contribution in [0.15, 0.2) is 24.3 Å². The maximum absolute atomic E-state index is 12.8. The number of nitrogens with one attached hydrogen (secondary N) is 1. The molecule has 9 heteroatoms. The van der Waals surface area contributed by atoms with Gasteiger partial charge in [0.2, 0.25) is 5.91 Å². The molecule has 0 saturated carbocycles. The third-order valence-corrected chi connectivity index (χ3v) is 10.9. The Morgan fingerprint density at radius 3 is 1.57 bits per heavy atom. The average Bonchev–Trinajstić information content (AvgIpc) is 3.10. The van der Waals surface area contributed by atoms with Crippen LogP contribution in [0.2, 0.25) is 0 Å². The smallest absolute Gasteiger partial charge is 0.268 e. The second-order valence-corrected chi connectivity index (χ2v) is 17.8. The van der Waals surface area contributed by atoms with Crippen molar-refractivity contribution < 1.29 is 32.9 Å². The molecule has 0 aliphatic heterocycles. The Morgan fingerprint density at radius 1 is 0.660 bits per heavy atom. The third-order valence-electron chi connectivity index (χ3n) is 9.94. The average molecular weight is 771 g/mol. The molecule has 0 aliphatic rings. The van der Waals surface area contributed by atoms with Gasteiger partial charge in [0.05, 0.1) is 39.9 Å². The van der Waals surface area contributed by atoms with Crippen molar-refractivity contribution in [2.75, 3.05) is 40.9 Å². The second-order valence-electron chi connectivity index (χ2n) is 16.4. The third kappa shape index (κ3) is 39.0. The van der Waals surface area contributed by atoms with Gasteiger partial charge in [-0.05, 0) is 44.9 Å². The Morgan fingerprint density at radius 2 is 1.09 bits per heavy atom. The van der Waals surface area contributed by atoms with Crippen LogP contribution in [0.5, 0.6) is 0 Å². The molecular weight excluding hydrogens is 683 g/mol. The van der Waals surface area contributed by atoms with Crippen LogP contribution in [-0.4, -0.2) is 68.5 Å².